The van der Waals surface area contributed by atoms with Crippen LogP contribution in [-0.4, -0.2) is 28.2 Å². The molecule has 7 aromatic rings. The van der Waals surface area contributed by atoms with Crippen LogP contribution in [0, 0.1) is 30.9 Å². The van der Waals surface area contributed by atoms with Crippen LogP contribution < -0.4 is 4.40 Å². The van der Waals surface area contributed by atoms with Crippen molar-refractivity contribution in [2.75, 3.05) is 0 Å². The number of hydrogen-bond acceptors (Lipinski definition) is 4. The standard InChI is InChI=1S/C23H21N2O.C22H26GeN.Ir/c1-15-9-10-19-18-7-4-8-20(22(18)26-23(19)25-15)21-14-17(11-12-24-21)13-16-5-2-3-6-16;1-16(2)12-20-14-22(24-15-21(20)23(3,4)5)19-11-10-17-8-6-7-9-18(17)13-19;/h4,7,9-12,14,16H,2-3,5-6,13H2,1H3;6-10,13-16H,12H2,1-5H3;/q2*-1;. The van der Waals surface area contributed by atoms with Crippen molar-refractivity contribution in [2.24, 2.45) is 11.8 Å². The molecule has 1 fully saturated rings. The van der Waals surface area contributed by atoms with Crippen molar-refractivity contribution in [3.05, 3.63) is 120 Å². The van der Waals surface area contributed by atoms with Gasteiger partial charge in [0.15, 0.2) is 0 Å². The van der Waals surface area contributed by atoms with E-state index >= 15 is 0 Å². The number of fused-ring (bicyclic) bond motifs is 4. The van der Waals surface area contributed by atoms with E-state index in [9.17, 15) is 0 Å². The fourth-order valence-electron chi connectivity index (χ4n) is 7.39. The second-order valence-corrected chi connectivity index (χ2v) is 26.0. The molecule has 8 rings (SSSR count). The summed E-state index contributed by atoms with van der Waals surface area (Å²) in [5, 5.41) is 4.59. The van der Waals surface area contributed by atoms with Gasteiger partial charge < -0.3 is 9.40 Å². The second-order valence-electron chi connectivity index (χ2n) is 15.5. The number of furan rings is 1. The molecule has 6 heteroatoms. The average molecular weight is 911 g/mol. The average Bonchev–Trinajstić information content (AvgIpc) is 3.75. The molecule has 0 saturated heterocycles. The molecule has 4 heterocycles. The first-order valence-corrected chi connectivity index (χ1v) is 25.5. The molecule has 4 aromatic heterocycles. The topological polar surface area (TPSA) is 51.8 Å². The molecule has 0 unspecified atom stereocenters. The van der Waals surface area contributed by atoms with E-state index in [0.29, 0.717) is 11.6 Å². The number of aryl methyl sites for hydroxylation is 1. The summed E-state index contributed by atoms with van der Waals surface area (Å²) in [5.41, 5.74) is 9.31. The van der Waals surface area contributed by atoms with Gasteiger partial charge in [-0.2, -0.15) is 0 Å². The van der Waals surface area contributed by atoms with Crippen LogP contribution >= 0.6 is 0 Å². The number of nitrogens with zero attached hydrogens (tertiary/aromatic N) is 3. The molecule has 0 atom stereocenters. The summed E-state index contributed by atoms with van der Waals surface area (Å²) in [6, 6.07) is 34.2. The number of hydrogen-bond donors (Lipinski definition) is 0. The molecule has 1 radical (unpaired) electrons. The Morgan fingerprint density at radius 1 is 0.863 bits per heavy atom. The molecule has 1 aliphatic carbocycles. The minimum absolute atomic E-state index is 0. The van der Waals surface area contributed by atoms with Crippen molar-refractivity contribution < 1.29 is 24.5 Å². The summed E-state index contributed by atoms with van der Waals surface area (Å²) >= 11 is -1.91. The van der Waals surface area contributed by atoms with Crippen molar-refractivity contribution in [3.8, 4) is 22.5 Å². The zero-order chi connectivity index (χ0) is 34.8. The Hall–Kier alpha value is -3.64. The maximum atomic E-state index is 6.11. The van der Waals surface area contributed by atoms with Crippen LogP contribution in [0.5, 0.6) is 0 Å². The van der Waals surface area contributed by atoms with Crippen molar-refractivity contribution >= 4 is 50.5 Å². The van der Waals surface area contributed by atoms with Crippen LogP contribution in [0.1, 0.15) is 56.4 Å². The third kappa shape index (κ3) is 8.54. The maximum Gasteiger partial charge on any atom is 0.216 e. The van der Waals surface area contributed by atoms with Crippen LogP contribution in [0.3, 0.4) is 0 Å². The summed E-state index contributed by atoms with van der Waals surface area (Å²) in [7, 11) is 0. The van der Waals surface area contributed by atoms with Gasteiger partial charge in [-0.15, -0.1) is 18.2 Å². The van der Waals surface area contributed by atoms with Gasteiger partial charge in [-0.1, -0.05) is 48.3 Å². The van der Waals surface area contributed by atoms with Gasteiger partial charge in [0.05, 0.1) is 5.58 Å². The van der Waals surface area contributed by atoms with E-state index in [4.69, 9.17) is 9.40 Å². The third-order valence-electron chi connectivity index (χ3n) is 9.90. The van der Waals surface area contributed by atoms with Crippen molar-refractivity contribution in [1.82, 2.24) is 15.0 Å². The van der Waals surface area contributed by atoms with Gasteiger partial charge in [0.2, 0.25) is 5.71 Å². The molecular weight excluding hydrogens is 863 g/mol. The first-order chi connectivity index (χ1) is 24.1. The zero-order valence-corrected chi connectivity index (χ0v) is 35.1. The van der Waals surface area contributed by atoms with Gasteiger partial charge in [0.25, 0.3) is 0 Å². The van der Waals surface area contributed by atoms with E-state index in [1.165, 1.54) is 52.0 Å². The minimum Gasteiger partial charge on any atom is -0.486 e. The normalized spacial score (nSPS) is 13.5. The predicted molar refractivity (Wildman–Crippen MR) is 212 cm³/mol. The van der Waals surface area contributed by atoms with Crippen LogP contribution in [0.4, 0.5) is 0 Å². The SMILES string of the molecule is CC(C)Cc1cc(-c2[c-]cc3ccccc3c2)nc[c]1[Ge]([CH3])([CH3])[CH3].Cc1ccc2c(n1)oc1c(-c3cc(CC4CCCC4)ccn3)[c-]ccc12.[Ir]. The van der Waals surface area contributed by atoms with Gasteiger partial charge in [-0.25, -0.2) is 4.98 Å². The third-order valence-corrected chi connectivity index (χ3v) is 14.2. The van der Waals surface area contributed by atoms with Crippen LogP contribution in [-0.2, 0) is 32.9 Å². The van der Waals surface area contributed by atoms with E-state index in [1.54, 1.807) is 0 Å². The molecule has 51 heavy (non-hydrogen) atoms. The molecule has 1 saturated carbocycles. The molecular formula is C45H47GeIrN3O-2. The summed E-state index contributed by atoms with van der Waals surface area (Å²) in [6.07, 6.45) is 11.8. The Balaban J connectivity index is 0.000000173. The molecule has 0 aliphatic heterocycles. The van der Waals surface area contributed by atoms with Crippen molar-refractivity contribution in [2.45, 2.75) is 76.6 Å². The fourth-order valence-corrected chi connectivity index (χ4v) is 10.7. The summed E-state index contributed by atoms with van der Waals surface area (Å²) in [5.74, 6) is 8.82. The summed E-state index contributed by atoms with van der Waals surface area (Å²) in [4.78, 5) is 13.9. The van der Waals surface area contributed by atoms with Gasteiger partial charge in [-0.3, -0.25) is 0 Å². The predicted octanol–water partition coefficient (Wildman–Crippen LogP) is 11.3. The van der Waals surface area contributed by atoms with Gasteiger partial charge in [0, 0.05) is 37.4 Å². The van der Waals surface area contributed by atoms with E-state index in [1.807, 2.05) is 31.3 Å². The van der Waals surface area contributed by atoms with Crippen LogP contribution in [0.25, 0.3) is 55.4 Å². The molecule has 0 N–H and O–H groups in total. The molecule has 3 aromatic carbocycles. The smallest absolute Gasteiger partial charge is 0.216 e. The quantitative estimate of drug-likeness (QED) is 0.118. The molecule has 0 amide bonds. The van der Waals surface area contributed by atoms with Gasteiger partial charge >= 0.3 is 148 Å². The van der Waals surface area contributed by atoms with Crippen molar-refractivity contribution in [3.63, 3.8) is 0 Å². The van der Waals surface area contributed by atoms with Crippen LogP contribution in [0.15, 0.2) is 95.7 Å². The monoisotopic (exact) mass is 912 g/mol. The summed E-state index contributed by atoms with van der Waals surface area (Å²) in [6.45, 7) is 6.57. The Kier molecular flexibility index (Phi) is 11.6. The number of aromatic nitrogens is 3. The molecule has 0 spiro atoms. The van der Waals surface area contributed by atoms with Gasteiger partial charge in [-0.05, 0) is 43.2 Å². The van der Waals surface area contributed by atoms with Crippen molar-refractivity contribution in [1.29, 1.82) is 0 Å². The van der Waals surface area contributed by atoms with Gasteiger partial charge in [0.1, 0.15) is 0 Å². The number of benzene rings is 3. The summed E-state index contributed by atoms with van der Waals surface area (Å²) < 4.78 is 7.65. The molecule has 4 nitrogen and oxygen atoms in total. The number of pyridine rings is 3. The molecule has 0 bridgehead atoms. The second kappa shape index (κ2) is 15.9. The zero-order valence-electron chi connectivity index (χ0n) is 30.6. The Bertz CT molecular complexity index is 2280. The van der Waals surface area contributed by atoms with E-state index < -0.39 is 13.3 Å². The Labute approximate surface area is 319 Å². The first kappa shape index (κ1) is 37.1. The maximum absolute atomic E-state index is 6.11. The fraction of sp³-hybridized carbons (Fsp3) is 0.311. The Morgan fingerprint density at radius 3 is 2.41 bits per heavy atom. The van der Waals surface area contributed by atoms with E-state index in [-0.39, 0.29) is 20.1 Å². The minimum atomic E-state index is -1.91. The van der Waals surface area contributed by atoms with E-state index in [0.717, 1.165) is 63.3 Å². The van der Waals surface area contributed by atoms with E-state index in [2.05, 4.69) is 120 Å². The Morgan fingerprint density at radius 2 is 1.65 bits per heavy atom. The molecule has 263 valence electrons. The van der Waals surface area contributed by atoms with Crippen LogP contribution in [0.2, 0.25) is 17.3 Å². The molecule has 1 aliphatic rings. The largest absolute Gasteiger partial charge is 0.486 e. The first-order valence-electron chi connectivity index (χ1n) is 18.2. The number of rotatable bonds is 7.